The third-order valence-corrected chi connectivity index (χ3v) is 2.34. The predicted molar refractivity (Wildman–Crippen MR) is 65.0 cm³/mol. The molecule has 0 spiro atoms. The Morgan fingerprint density at radius 3 is 2.69 bits per heavy atom. The first kappa shape index (κ1) is 15.3. The molecule has 0 aromatic carbocycles. The second-order valence-corrected chi connectivity index (χ2v) is 3.81. The van der Waals surface area contributed by atoms with Gasteiger partial charge in [0, 0.05) is 13.1 Å². The molecule has 0 fully saturated rings. The van der Waals surface area contributed by atoms with Crippen LogP contribution in [0.3, 0.4) is 0 Å². The van der Waals surface area contributed by atoms with Crippen LogP contribution in [-0.2, 0) is 9.53 Å². The molecule has 0 saturated carbocycles. The van der Waals surface area contributed by atoms with Crippen LogP contribution >= 0.6 is 0 Å². The topological polar surface area (TPSA) is 90.4 Å². The zero-order valence-corrected chi connectivity index (χ0v) is 10.2. The first-order valence-corrected chi connectivity index (χ1v) is 6.02. The molecule has 1 amide bonds. The number of ether oxygens (including phenoxy) is 1. The summed E-state index contributed by atoms with van der Waals surface area (Å²) in [5.74, 6) is -0.282. The lowest BCUT2D eigenvalue weighted by Gasteiger charge is -2.15. The Labute approximate surface area is 97.9 Å². The van der Waals surface area contributed by atoms with E-state index in [0.717, 1.165) is 25.7 Å². The standard InChI is InChI=1S/C11H25N3O2/c1-2-3-4-5-10(11(13)15)14-7-9-16-8-6-12/h10,14H,2-9,12H2,1H3,(H2,13,15). The molecule has 0 heterocycles. The highest BCUT2D eigenvalue weighted by molar-refractivity contribution is 5.79. The van der Waals surface area contributed by atoms with Crippen molar-refractivity contribution in [3.05, 3.63) is 0 Å². The van der Waals surface area contributed by atoms with Crippen molar-refractivity contribution < 1.29 is 9.53 Å². The van der Waals surface area contributed by atoms with Gasteiger partial charge in [0.1, 0.15) is 0 Å². The minimum atomic E-state index is -0.282. The number of primary amides is 1. The lowest BCUT2D eigenvalue weighted by Crippen LogP contribution is -2.42. The van der Waals surface area contributed by atoms with E-state index < -0.39 is 0 Å². The minimum absolute atomic E-state index is 0.229. The second kappa shape index (κ2) is 10.9. The predicted octanol–water partition coefficient (Wildman–Crippen LogP) is -0.0145. The fraction of sp³-hybridized carbons (Fsp3) is 0.909. The first-order chi connectivity index (χ1) is 7.72. The molecule has 0 aliphatic carbocycles. The van der Waals surface area contributed by atoms with E-state index >= 15 is 0 Å². The smallest absolute Gasteiger partial charge is 0.234 e. The van der Waals surface area contributed by atoms with Gasteiger partial charge in [-0.3, -0.25) is 4.79 Å². The molecule has 0 bridgehead atoms. The minimum Gasteiger partial charge on any atom is -0.379 e. The summed E-state index contributed by atoms with van der Waals surface area (Å²) in [5.41, 5.74) is 10.6. The van der Waals surface area contributed by atoms with Crippen LogP contribution in [0.25, 0.3) is 0 Å². The summed E-state index contributed by atoms with van der Waals surface area (Å²) < 4.78 is 5.20. The van der Waals surface area contributed by atoms with Crippen LogP contribution in [0.4, 0.5) is 0 Å². The van der Waals surface area contributed by atoms with Gasteiger partial charge in [0.05, 0.1) is 19.3 Å². The summed E-state index contributed by atoms with van der Waals surface area (Å²) in [6.07, 6.45) is 4.11. The van der Waals surface area contributed by atoms with E-state index in [1.54, 1.807) is 0 Å². The Morgan fingerprint density at radius 2 is 2.12 bits per heavy atom. The van der Waals surface area contributed by atoms with Crippen LogP contribution < -0.4 is 16.8 Å². The molecular formula is C11H25N3O2. The highest BCUT2D eigenvalue weighted by atomic mass is 16.5. The van der Waals surface area contributed by atoms with Gasteiger partial charge in [0.2, 0.25) is 5.91 Å². The van der Waals surface area contributed by atoms with Gasteiger partial charge in [-0.1, -0.05) is 26.2 Å². The van der Waals surface area contributed by atoms with Crippen molar-refractivity contribution >= 4 is 5.91 Å². The Bertz CT molecular complexity index is 177. The summed E-state index contributed by atoms with van der Waals surface area (Å²) >= 11 is 0. The zero-order valence-electron chi connectivity index (χ0n) is 10.2. The van der Waals surface area contributed by atoms with E-state index in [2.05, 4.69) is 12.2 Å². The summed E-state index contributed by atoms with van der Waals surface area (Å²) in [4.78, 5) is 11.1. The summed E-state index contributed by atoms with van der Waals surface area (Å²) in [5, 5.41) is 3.10. The molecule has 96 valence electrons. The molecule has 0 rings (SSSR count). The monoisotopic (exact) mass is 231 g/mol. The quantitative estimate of drug-likeness (QED) is 0.436. The number of nitrogens with two attached hydrogens (primary N) is 2. The Hall–Kier alpha value is -0.650. The molecule has 0 aliphatic heterocycles. The first-order valence-electron chi connectivity index (χ1n) is 6.02. The molecule has 1 unspecified atom stereocenters. The van der Waals surface area contributed by atoms with Crippen molar-refractivity contribution in [3.63, 3.8) is 0 Å². The van der Waals surface area contributed by atoms with Crippen molar-refractivity contribution in [1.82, 2.24) is 5.32 Å². The number of amides is 1. The van der Waals surface area contributed by atoms with E-state index in [1.165, 1.54) is 0 Å². The van der Waals surface area contributed by atoms with Gasteiger partial charge in [-0.25, -0.2) is 0 Å². The molecule has 0 aliphatic rings. The van der Waals surface area contributed by atoms with Crippen molar-refractivity contribution in [2.45, 2.75) is 38.6 Å². The lowest BCUT2D eigenvalue weighted by atomic mass is 10.1. The van der Waals surface area contributed by atoms with Gasteiger partial charge < -0.3 is 21.5 Å². The van der Waals surface area contributed by atoms with Crippen LogP contribution in [0.1, 0.15) is 32.6 Å². The molecular weight excluding hydrogens is 206 g/mol. The van der Waals surface area contributed by atoms with Gasteiger partial charge in [-0.2, -0.15) is 0 Å². The molecule has 5 N–H and O–H groups in total. The molecule has 1 atom stereocenters. The van der Waals surface area contributed by atoms with Gasteiger partial charge in [0.25, 0.3) is 0 Å². The fourth-order valence-electron chi connectivity index (χ4n) is 1.43. The Morgan fingerprint density at radius 1 is 1.38 bits per heavy atom. The number of carbonyl (C=O) groups excluding carboxylic acids is 1. The van der Waals surface area contributed by atoms with Crippen LogP contribution in [0.5, 0.6) is 0 Å². The number of unbranched alkanes of at least 4 members (excludes halogenated alkanes) is 2. The molecule has 16 heavy (non-hydrogen) atoms. The molecule has 0 radical (unpaired) electrons. The van der Waals surface area contributed by atoms with E-state index in [1.807, 2.05) is 0 Å². The van der Waals surface area contributed by atoms with Crippen molar-refractivity contribution in [3.8, 4) is 0 Å². The fourth-order valence-corrected chi connectivity index (χ4v) is 1.43. The number of nitrogens with one attached hydrogen (secondary N) is 1. The Kier molecular flexibility index (Phi) is 10.4. The summed E-state index contributed by atoms with van der Waals surface area (Å²) in [7, 11) is 0. The number of rotatable bonds is 11. The zero-order chi connectivity index (χ0) is 12.2. The van der Waals surface area contributed by atoms with E-state index in [9.17, 15) is 4.79 Å². The van der Waals surface area contributed by atoms with Crippen molar-refractivity contribution in [2.75, 3.05) is 26.3 Å². The van der Waals surface area contributed by atoms with Gasteiger partial charge >= 0.3 is 0 Å². The van der Waals surface area contributed by atoms with Crippen molar-refractivity contribution in [2.24, 2.45) is 11.5 Å². The highest BCUT2D eigenvalue weighted by Gasteiger charge is 2.13. The maximum atomic E-state index is 11.1. The second-order valence-electron chi connectivity index (χ2n) is 3.81. The van der Waals surface area contributed by atoms with E-state index in [4.69, 9.17) is 16.2 Å². The third-order valence-electron chi connectivity index (χ3n) is 2.34. The van der Waals surface area contributed by atoms with Gasteiger partial charge in [-0.15, -0.1) is 0 Å². The number of hydrogen-bond acceptors (Lipinski definition) is 4. The van der Waals surface area contributed by atoms with Crippen LogP contribution in [-0.4, -0.2) is 38.3 Å². The summed E-state index contributed by atoms with van der Waals surface area (Å²) in [6.45, 7) is 4.41. The molecule has 0 aromatic rings. The average Bonchev–Trinajstić information content (AvgIpc) is 2.26. The van der Waals surface area contributed by atoms with Gasteiger partial charge in [0.15, 0.2) is 0 Å². The molecule has 0 saturated heterocycles. The third kappa shape index (κ3) is 8.64. The maximum Gasteiger partial charge on any atom is 0.234 e. The number of carbonyl (C=O) groups is 1. The van der Waals surface area contributed by atoms with E-state index in [0.29, 0.717) is 26.3 Å². The number of hydrogen-bond donors (Lipinski definition) is 3. The molecule has 5 nitrogen and oxygen atoms in total. The Balaban J connectivity index is 3.56. The average molecular weight is 231 g/mol. The van der Waals surface area contributed by atoms with E-state index in [-0.39, 0.29) is 11.9 Å². The maximum absolute atomic E-state index is 11.1. The largest absolute Gasteiger partial charge is 0.379 e. The normalized spacial score (nSPS) is 12.6. The molecule has 0 aromatic heterocycles. The van der Waals surface area contributed by atoms with Gasteiger partial charge in [-0.05, 0) is 6.42 Å². The molecule has 5 heteroatoms. The van der Waals surface area contributed by atoms with Crippen LogP contribution in [0.15, 0.2) is 0 Å². The summed E-state index contributed by atoms with van der Waals surface area (Å²) in [6, 6.07) is -0.229. The van der Waals surface area contributed by atoms with Crippen LogP contribution in [0.2, 0.25) is 0 Å². The van der Waals surface area contributed by atoms with Crippen molar-refractivity contribution in [1.29, 1.82) is 0 Å². The highest BCUT2D eigenvalue weighted by Crippen LogP contribution is 2.02. The van der Waals surface area contributed by atoms with Crippen LogP contribution in [0, 0.1) is 0 Å². The SMILES string of the molecule is CCCCCC(NCCOCCN)C(N)=O. The lowest BCUT2D eigenvalue weighted by molar-refractivity contribution is -0.120.